The fourth-order valence-electron chi connectivity index (χ4n) is 1.63. The lowest BCUT2D eigenvalue weighted by Crippen LogP contribution is -2.25. The molecule has 1 N–H and O–H groups in total. The molecule has 0 unspecified atom stereocenters. The maximum absolute atomic E-state index is 11.6. The van der Waals surface area contributed by atoms with Crippen molar-refractivity contribution >= 4 is 16.9 Å². The molecule has 0 radical (unpaired) electrons. The number of benzene rings is 1. The molecular weight excluding hydrogens is 216 g/mol. The average molecular weight is 230 g/mol. The zero-order valence-corrected chi connectivity index (χ0v) is 9.69. The van der Waals surface area contributed by atoms with Gasteiger partial charge in [0.1, 0.15) is 5.69 Å². The van der Waals surface area contributed by atoms with E-state index in [9.17, 15) is 4.79 Å². The van der Waals surface area contributed by atoms with Crippen LogP contribution in [0.4, 0.5) is 0 Å². The highest BCUT2D eigenvalue weighted by Gasteiger charge is 2.11. The molecule has 4 heteroatoms. The number of amides is 1. The van der Waals surface area contributed by atoms with E-state index in [0.717, 1.165) is 10.9 Å². The SMILES string of the molecule is C=CCNC(=O)Cc1noc2ccc(C)cc12. The molecule has 0 spiro atoms. The molecule has 0 aliphatic rings. The highest BCUT2D eigenvalue weighted by molar-refractivity contribution is 5.86. The molecule has 0 saturated heterocycles. The number of carbonyl (C=O) groups is 1. The smallest absolute Gasteiger partial charge is 0.226 e. The quantitative estimate of drug-likeness (QED) is 0.817. The topological polar surface area (TPSA) is 55.1 Å². The van der Waals surface area contributed by atoms with Crippen LogP contribution in [0.25, 0.3) is 11.0 Å². The summed E-state index contributed by atoms with van der Waals surface area (Å²) in [5, 5.41) is 7.54. The summed E-state index contributed by atoms with van der Waals surface area (Å²) in [5.74, 6) is -0.0818. The fourth-order valence-corrected chi connectivity index (χ4v) is 1.63. The highest BCUT2D eigenvalue weighted by Crippen LogP contribution is 2.20. The van der Waals surface area contributed by atoms with Gasteiger partial charge < -0.3 is 9.84 Å². The van der Waals surface area contributed by atoms with Gasteiger partial charge in [-0.25, -0.2) is 0 Å². The van der Waals surface area contributed by atoms with E-state index in [1.807, 2.05) is 25.1 Å². The van der Waals surface area contributed by atoms with Gasteiger partial charge in [-0.15, -0.1) is 6.58 Å². The molecule has 1 heterocycles. The summed E-state index contributed by atoms with van der Waals surface area (Å²) in [6.45, 7) is 6.00. The summed E-state index contributed by atoms with van der Waals surface area (Å²) in [5.41, 5.74) is 2.50. The second-order valence-electron chi connectivity index (χ2n) is 3.90. The second-order valence-corrected chi connectivity index (χ2v) is 3.90. The van der Waals surface area contributed by atoms with E-state index in [2.05, 4.69) is 17.1 Å². The summed E-state index contributed by atoms with van der Waals surface area (Å²) in [7, 11) is 0. The Morgan fingerprint density at radius 1 is 1.59 bits per heavy atom. The van der Waals surface area contributed by atoms with E-state index in [-0.39, 0.29) is 12.3 Å². The van der Waals surface area contributed by atoms with Crippen molar-refractivity contribution < 1.29 is 9.32 Å². The predicted octanol–water partition coefficient (Wildman–Crippen LogP) is 1.98. The molecule has 1 aromatic heterocycles. The van der Waals surface area contributed by atoms with Crippen LogP contribution in [-0.4, -0.2) is 17.6 Å². The number of hydrogen-bond donors (Lipinski definition) is 1. The monoisotopic (exact) mass is 230 g/mol. The van der Waals surface area contributed by atoms with Crippen LogP contribution >= 0.6 is 0 Å². The van der Waals surface area contributed by atoms with Gasteiger partial charge in [0.05, 0.1) is 6.42 Å². The van der Waals surface area contributed by atoms with Gasteiger partial charge in [0, 0.05) is 11.9 Å². The third-order valence-corrected chi connectivity index (χ3v) is 2.47. The number of hydrogen-bond acceptors (Lipinski definition) is 3. The van der Waals surface area contributed by atoms with E-state index in [0.29, 0.717) is 17.8 Å². The van der Waals surface area contributed by atoms with Crippen molar-refractivity contribution in [3.05, 3.63) is 42.1 Å². The number of aromatic nitrogens is 1. The van der Waals surface area contributed by atoms with Crippen LogP contribution in [0.15, 0.2) is 35.4 Å². The first-order valence-electron chi connectivity index (χ1n) is 5.43. The van der Waals surface area contributed by atoms with Gasteiger partial charge in [-0.2, -0.15) is 0 Å². The van der Waals surface area contributed by atoms with Crippen molar-refractivity contribution in [3.8, 4) is 0 Å². The Hall–Kier alpha value is -2.10. The number of aryl methyl sites for hydroxylation is 1. The van der Waals surface area contributed by atoms with E-state index < -0.39 is 0 Å². The van der Waals surface area contributed by atoms with Gasteiger partial charge >= 0.3 is 0 Å². The van der Waals surface area contributed by atoms with Crippen molar-refractivity contribution in [1.82, 2.24) is 10.5 Å². The minimum Gasteiger partial charge on any atom is -0.356 e. The van der Waals surface area contributed by atoms with E-state index in [4.69, 9.17) is 4.52 Å². The van der Waals surface area contributed by atoms with Crippen LogP contribution in [0, 0.1) is 6.92 Å². The van der Waals surface area contributed by atoms with Gasteiger partial charge in [-0.3, -0.25) is 4.79 Å². The largest absolute Gasteiger partial charge is 0.356 e. The first kappa shape index (κ1) is 11.4. The summed E-state index contributed by atoms with van der Waals surface area (Å²) in [6.07, 6.45) is 1.87. The van der Waals surface area contributed by atoms with Gasteiger partial charge in [0.2, 0.25) is 5.91 Å². The van der Waals surface area contributed by atoms with Crippen LogP contribution in [0.2, 0.25) is 0 Å². The molecule has 1 aromatic carbocycles. The number of nitrogens with one attached hydrogen (secondary N) is 1. The Kier molecular flexibility index (Phi) is 3.23. The maximum Gasteiger partial charge on any atom is 0.226 e. The molecule has 0 bridgehead atoms. The molecule has 2 aromatic rings. The number of nitrogens with zero attached hydrogens (tertiary/aromatic N) is 1. The number of fused-ring (bicyclic) bond motifs is 1. The van der Waals surface area contributed by atoms with Crippen molar-refractivity contribution in [3.63, 3.8) is 0 Å². The predicted molar refractivity (Wildman–Crippen MR) is 65.7 cm³/mol. The van der Waals surface area contributed by atoms with Crippen LogP contribution in [0.5, 0.6) is 0 Å². The van der Waals surface area contributed by atoms with Crippen LogP contribution in [0.1, 0.15) is 11.3 Å². The molecule has 0 aliphatic heterocycles. The third kappa shape index (κ3) is 2.53. The lowest BCUT2D eigenvalue weighted by atomic mass is 10.1. The Labute approximate surface area is 99.3 Å². The zero-order chi connectivity index (χ0) is 12.3. The van der Waals surface area contributed by atoms with Crippen LogP contribution < -0.4 is 5.32 Å². The molecular formula is C13H14N2O2. The Morgan fingerprint density at radius 3 is 3.18 bits per heavy atom. The molecule has 0 atom stereocenters. The number of rotatable bonds is 4. The Morgan fingerprint density at radius 2 is 2.41 bits per heavy atom. The molecule has 0 saturated carbocycles. The number of carbonyl (C=O) groups excluding carboxylic acids is 1. The molecule has 17 heavy (non-hydrogen) atoms. The molecule has 0 aliphatic carbocycles. The van der Waals surface area contributed by atoms with Gasteiger partial charge in [0.25, 0.3) is 0 Å². The van der Waals surface area contributed by atoms with E-state index in [1.54, 1.807) is 6.08 Å². The molecule has 0 fully saturated rings. The molecule has 2 rings (SSSR count). The minimum absolute atomic E-state index is 0.0818. The fraction of sp³-hybridized carbons (Fsp3) is 0.231. The zero-order valence-electron chi connectivity index (χ0n) is 9.69. The third-order valence-electron chi connectivity index (χ3n) is 2.47. The minimum atomic E-state index is -0.0818. The van der Waals surface area contributed by atoms with Gasteiger partial charge in [-0.05, 0) is 19.1 Å². The van der Waals surface area contributed by atoms with Crippen molar-refractivity contribution in [1.29, 1.82) is 0 Å². The highest BCUT2D eigenvalue weighted by atomic mass is 16.5. The van der Waals surface area contributed by atoms with Crippen LogP contribution in [-0.2, 0) is 11.2 Å². The second kappa shape index (κ2) is 4.82. The van der Waals surface area contributed by atoms with Crippen molar-refractivity contribution in [2.75, 3.05) is 6.54 Å². The first-order valence-corrected chi connectivity index (χ1v) is 5.43. The standard InChI is InChI=1S/C13H14N2O2/c1-3-6-14-13(16)8-11-10-7-9(2)4-5-12(10)17-15-11/h3-5,7H,1,6,8H2,2H3,(H,14,16). The summed E-state index contributed by atoms with van der Waals surface area (Å²) in [4.78, 5) is 11.6. The van der Waals surface area contributed by atoms with Gasteiger partial charge in [-0.1, -0.05) is 22.9 Å². The molecule has 1 amide bonds. The maximum atomic E-state index is 11.6. The average Bonchev–Trinajstić information content (AvgIpc) is 2.69. The Bertz CT molecular complexity index is 558. The van der Waals surface area contributed by atoms with Crippen LogP contribution in [0.3, 0.4) is 0 Å². The van der Waals surface area contributed by atoms with E-state index in [1.165, 1.54) is 0 Å². The molecule has 88 valence electrons. The van der Waals surface area contributed by atoms with Crippen molar-refractivity contribution in [2.45, 2.75) is 13.3 Å². The van der Waals surface area contributed by atoms with Gasteiger partial charge in [0.15, 0.2) is 5.58 Å². The van der Waals surface area contributed by atoms with E-state index >= 15 is 0 Å². The van der Waals surface area contributed by atoms with Crippen molar-refractivity contribution in [2.24, 2.45) is 0 Å². The lowest BCUT2D eigenvalue weighted by molar-refractivity contribution is -0.120. The Balaban J connectivity index is 2.21. The lowest BCUT2D eigenvalue weighted by Gasteiger charge is -1.99. The first-order chi connectivity index (χ1) is 8.20. The summed E-state index contributed by atoms with van der Waals surface area (Å²) < 4.78 is 5.16. The summed E-state index contributed by atoms with van der Waals surface area (Å²) in [6, 6.07) is 5.79. The normalized spacial score (nSPS) is 10.4. The molecule has 4 nitrogen and oxygen atoms in total. The summed E-state index contributed by atoms with van der Waals surface area (Å²) >= 11 is 0.